The minimum absolute atomic E-state index is 0.0753. The fourth-order valence-corrected chi connectivity index (χ4v) is 2.83. The van der Waals surface area contributed by atoms with E-state index in [1.807, 2.05) is 6.07 Å². The number of anilines is 1. The van der Waals surface area contributed by atoms with Gasteiger partial charge in [-0.25, -0.2) is 4.39 Å². The molecule has 1 fully saturated rings. The molecule has 0 aromatic heterocycles. The Balaban J connectivity index is 2.25. The number of hydrogen-bond donors (Lipinski definition) is 0. The lowest BCUT2D eigenvalue weighted by Crippen LogP contribution is -2.42. The van der Waals surface area contributed by atoms with Gasteiger partial charge in [0.2, 0.25) is 0 Å². The topological polar surface area (TPSA) is 23.6 Å². The first-order valence-electron chi connectivity index (χ1n) is 7.12. The maximum atomic E-state index is 13.7. The number of piperidine rings is 1. The van der Waals surface area contributed by atoms with Crippen LogP contribution in [-0.4, -0.2) is 43.9 Å². The van der Waals surface area contributed by atoms with Gasteiger partial charge in [0.25, 0.3) is 0 Å². The molecule has 1 heterocycles. The first-order chi connectivity index (χ1) is 9.40. The normalized spacial score (nSPS) is 16.8. The molecule has 0 aliphatic carbocycles. The molecule has 0 amide bonds. The standard InChI is InChI=1S/C16H23FN2O/c1-11-9-16(14(12(2)20)10-15(11)17)19-7-5-13(6-8-19)18(3)4/h9-10,13H,5-8H2,1-4H3. The Hall–Kier alpha value is -1.42. The Kier molecular flexibility index (Phi) is 4.43. The van der Waals surface area contributed by atoms with Crippen molar-refractivity contribution in [2.75, 3.05) is 32.1 Å². The number of ketones is 1. The lowest BCUT2D eigenvalue weighted by atomic mass is 10.00. The fourth-order valence-electron chi connectivity index (χ4n) is 2.83. The molecule has 110 valence electrons. The van der Waals surface area contributed by atoms with Crippen molar-refractivity contribution in [1.82, 2.24) is 4.90 Å². The molecule has 1 aromatic rings. The van der Waals surface area contributed by atoms with Crippen LogP contribution in [0.15, 0.2) is 12.1 Å². The summed E-state index contributed by atoms with van der Waals surface area (Å²) in [7, 11) is 4.20. The van der Waals surface area contributed by atoms with Crippen molar-refractivity contribution >= 4 is 11.5 Å². The summed E-state index contributed by atoms with van der Waals surface area (Å²) in [4.78, 5) is 16.2. The van der Waals surface area contributed by atoms with E-state index < -0.39 is 0 Å². The van der Waals surface area contributed by atoms with Gasteiger partial charge in [-0.2, -0.15) is 0 Å². The Labute approximate surface area is 120 Å². The number of benzene rings is 1. The fraction of sp³-hybridized carbons (Fsp3) is 0.562. The van der Waals surface area contributed by atoms with Crippen LogP contribution >= 0.6 is 0 Å². The largest absolute Gasteiger partial charge is 0.371 e. The highest BCUT2D eigenvalue weighted by molar-refractivity contribution is 6.00. The van der Waals surface area contributed by atoms with Gasteiger partial charge in [-0.15, -0.1) is 0 Å². The number of halogens is 1. The van der Waals surface area contributed by atoms with Crippen molar-refractivity contribution in [3.63, 3.8) is 0 Å². The summed E-state index contributed by atoms with van der Waals surface area (Å²) < 4.78 is 13.7. The lowest BCUT2D eigenvalue weighted by Gasteiger charge is -2.37. The van der Waals surface area contributed by atoms with Gasteiger partial charge in [0.1, 0.15) is 5.82 Å². The molecule has 2 rings (SSSR count). The highest BCUT2D eigenvalue weighted by atomic mass is 19.1. The number of carbonyl (C=O) groups excluding carboxylic acids is 1. The second kappa shape index (κ2) is 5.92. The molecular formula is C16H23FN2O. The van der Waals surface area contributed by atoms with Crippen molar-refractivity contribution in [1.29, 1.82) is 0 Å². The quantitative estimate of drug-likeness (QED) is 0.794. The molecule has 1 aliphatic rings. The highest BCUT2D eigenvalue weighted by Crippen LogP contribution is 2.28. The molecule has 0 spiro atoms. The Morgan fingerprint density at radius 3 is 2.40 bits per heavy atom. The van der Waals surface area contributed by atoms with E-state index in [0.29, 0.717) is 17.2 Å². The van der Waals surface area contributed by atoms with Crippen LogP contribution in [0.3, 0.4) is 0 Å². The van der Waals surface area contributed by atoms with Gasteiger partial charge in [0, 0.05) is 30.4 Å². The van der Waals surface area contributed by atoms with Crippen molar-refractivity contribution in [3.8, 4) is 0 Å². The van der Waals surface area contributed by atoms with Crippen molar-refractivity contribution in [2.45, 2.75) is 32.7 Å². The summed E-state index contributed by atoms with van der Waals surface area (Å²) >= 11 is 0. The number of Topliss-reactive ketones (excluding diaryl/α,β-unsaturated/α-hetero) is 1. The molecular weight excluding hydrogens is 255 g/mol. The predicted molar refractivity (Wildman–Crippen MR) is 80.1 cm³/mol. The van der Waals surface area contributed by atoms with Gasteiger partial charge in [-0.3, -0.25) is 4.79 Å². The second-order valence-electron chi connectivity index (χ2n) is 5.86. The first kappa shape index (κ1) is 15.0. The monoisotopic (exact) mass is 278 g/mol. The summed E-state index contributed by atoms with van der Waals surface area (Å²) in [6, 6.07) is 3.78. The number of hydrogen-bond acceptors (Lipinski definition) is 3. The molecule has 0 N–H and O–H groups in total. The maximum Gasteiger partial charge on any atom is 0.161 e. The van der Waals surface area contributed by atoms with Crippen LogP contribution < -0.4 is 4.90 Å². The maximum absolute atomic E-state index is 13.7. The van der Waals surface area contributed by atoms with E-state index in [0.717, 1.165) is 31.6 Å². The Morgan fingerprint density at radius 1 is 1.30 bits per heavy atom. The summed E-state index contributed by atoms with van der Waals surface area (Å²) in [6.07, 6.45) is 2.14. The van der Waals surface area contributed by atoms with Gasteiger partial charge in [-0.05, 0) is 58.5 Å². The number of carbonyl (C=O) groups is 1. The molecule has 4 heteroatoms. The van der Waals surface area contributed by atoms with E-state index in [1.54, 1.807) is 6.92 Å². The third-order valence-electron chi connectivity index (χ3n) is 4.19. The minimum Gasteiger partial charge on any atom is -0.371 e. The molecule has 1 aromatic carbocycles. The third kappa shape index (κ3) is 3.01. The molecule has 0 atom stereocenters. The molecule has 1 aliphatic heterocycles. The van der Waals surface area contributed by atoms with Crippen LogP contribution in [0.1, 0.15) is 35.7 Å². The highest BCUT2D eigenvalue weighted by Gasteiger charge is 2.23. The zero-order valence-electron chi connectivity index (χ0n) is 12.7. The Morgan fingerprint density at radius 2 is 1.90 bits per heavy atom. The van der Waals surface area contributed by atoms with Crippen LogP contribution in [0.2, 0.25) is 0 Å². The second-order valence-corrected chi connectivity index (χ2v) is 5.86. The van der Waals surface area contributed by atoms with Crippen molar-refractivity contribution in [2.24, 2.45) is 0 Å². The molecule has 0 bridgehead atoms. The van der Waals surface area contributed by atoms with Gasteiger partial charge in [0.15, 0.2) is 5.78 Å². The van der Waals surface area contributed by atoms with E-state index in [9.17, 15) is 9.18 Å². The predicted octanol–water partition coefficient (Wildman–Crippen LogP) is 2.87. The average Bonchev–Trinajstić information content (AvgIpc) is 2.41. The van der Waals surface area contributed by atoms with Crippen LogP contribution in [0.5, 0.6) is 0 Å². The summed E-state index contributed by atoms with van der Waals surface area (Å²) in [5, 5.41) is 0. The summed E-state index contributed by atoms with van der Waals surface area (Å²) in [6.45, 7) is 5.07. The first-order valence-corrected chi connectivity index (χ1v) is 7.12. The SMILES string of the molecule is CC(=O)c1cc(F)c(C)cc1N1CCC(N(C)C)CC1. The molecule has 0 saturated carbocycles. The molecule has 20 heavy (non-hydrogen) atoms. The molecule has 3 nitrogen and oxygen atoms in total. The smallest absolute Gasteiger partial charge is 0.161 e. The third-order valence-corrected chi connectivity index (χ3v) is 4.19. The van der Waals surface area contributed by atoms with Crippen LogP contribution in [0.4, 0.5) is 10.1 Å². The number of rotatable bonds is 3. The van der Waals surface area contributed by atoms with Gasteiger partial charge in [-0.1, -0.05) is 0 Å². The van der Waals surface area contributed by atoms with E-state index >= 15 is 0 Å². The summed E-state index contributed by atoms with van der Waals surface area (Å²) in [5.41, 5.74) is 1.98. The lowest BCUT2D eigenvalue weighted by molar-refractivity contribution is 0.101. The number of aryl methyl sites for hydroxylation is 1. The molecule has 0 unspecified atom stereocenters. The van der Waals surface area contributed by atoms with Gasteiger partial charge in [0.05, 0.1) is 0 Å². The van der Waals surface area contributed by atoms with Crippen molar-refractivity contribution in [3.05, 3.63) is 29.1 Å². The van der Waals surface area contributed by atoms with Gasteiger partial charge < -0.3 is 9.80 Å². The van der Waals surface area contributed by atoms with E-state index in [-0.39, 0.29) is 11.6 Å². The van der Waals surface area contributed by atoms with E-state index in [2.05, 4.69) is 23.9 Å². The van der Waals surface area contributed by atoms with Crippen LogP contribution in [0.25, 0.3) is 0 Å². The molecule has 0 radical (unpaired) electrons. The van der Waals surface area contributed by atoms with Gasteiger partial charge >= 0.3 is 0 Å². The zero-order valence-corrected chi connectivity index (χ0v) is 12.7. The van der Waals surface area contributed by atoms with E-state index in [1.165, 1.54) is 13.0 Å². The Bertz CT molecular complexity index is 505. The average molecular weight is 278 g/mol. The van der Waals surface area contributed by atoms with E-state index in [4.69, 9.17) is 0 Å². The van der Waals surface area contributed by atoms with Crippen LogP contribution in [0, 0.1) is 12.7 Å². The van der Waals surface area contributed by atoms with Crippen molar-refractivity contribution < 1.29 is 9.18 Å². The minimum atomic E-state index is -0.304. The molecule has 1 saturated heterocycles. The summed E-state index contributed by atoms with van der Waals surface area (Å²) in [5.74, 6) is -0.379. The zero-order chi connectivity index (χ0) is 14.9. The van der Waals surface area contributed by atoms with Crippen LogP contribution in [-0.2, 0) is 0 Å². The number of nitrogens with zero attached hydrogens (tertiary/aromatic N) is 2.